The second kappa shape index (κ2) is 10.2. The molecule has 25 heavy (non-hydrogen) atoms. The van der Waals surface area contributed by atoms with Gasteiger partial charge in [-0.15, -0.1) is 24.0 Å². The fourth-order valence-electron chi connectivity index (χ4n) is 2.66. The molecule has 1 aliphatic rings. The summed E-state index contributed by atoms with van der Waals surface area (Å²) in [6, 6.07) is 3.42. The third kappa shape index (κ3) is 6.67. The lowest BCUT2D eigenvalue weighted by molar-refractivity contribution is -0.00834. The average Bonchev–Trinajstić information content (AvgIpc) is 2.58. The summed E-state index contributed by atoms with van der Waals surface area (Å²) in [5.41, 5.74) is 0.205. The third-order valence-corrected chi connectivity index (χ3v) is 4.23. The van der Waals surface area contributed by atoms with E-state index in [0.717, 1.165) is 38.4 Å². The largest absolute Gasteiger partial charge is 0.379 e. The van der Waals surface area contributed by atoms with Crippen molar-refractivity contribution < 1.29 is 13.5 Å². The molecule has 0 bridgehead atoms. The highest BCUT2D eigenvalue weighted by Gasteiger charge is 2.28. The van der Waals surface area contributed by atoms with Gasteiger partial charge in [-0.25, -0.2) is 8.78 Å². The highest BCUT2D eigenvalue weighted by Crippen LogP contribution is 2.15. The molecule has 142 valence electrons. The lowest BCUT2D eigenvalue weighted by Gasteiger charge is -2.41. The number of morpholine rings is 1. The van der Waals surface area contributed by atoms with Gasteiger partial charge in [-0.05, 0) is 32.0 Å². The van der Waals surface area contributed by atoms with Crippen LogP contribution in [0.15, 0.2) is 23.2 Å². The zero-order valence-electron chi connectivity index (χ0n) is 14.9. The minimum atomic E-state index is -0.454. The Morgan fingerprint density at radius 2 is 1.92 bits per heavy atom. The van der Waals surface area contributed by atoms with Gasteiger partial charge in [-0.1, -0.05) is 0 Å². The van der Waals surface area contributed by atoms with Crippen molar-refractivity contribution in [1.29, 1.82) is 0 Å². The van der Waals surface area contributed by atoms with Crippen molar-refractivity contribution in [3.8, 4) is 0 Å². The van der Waals surface area contributed by atoms with Crippen LogP contribution in [0.3, 0.4) is 0 Å². The maximum Gasteiger partial charge on any atom is 0.191 e. The van der Waals surface area contributed by atoms with Gasteiger partial charge < -0.3 is 15.4 Å². The lowest BCUT2D eigenvalue weighted by Crippen LogP contribution is -2.56. The van der Waals surface area contributed by atoms with Crippen LogP contribution in [0.4, 0.5) is 8.78 Å². The Morgan fingerprint density at radius 1 is 1.24 bits per heavy atom. The van der Waals surface area contributed by atoms with E-state index >= 15 is 0 Å². The Hall–Kier alpha value is -1.00. The first kappa shape index (κ1) is 22.0. The Kier molecular flexibility index (Phi) is 9.01. The number of benzene rings is 1. The van der Waals surface area contributed by atoms with Crippen molar-refractivity contribution in [2.24, 2.45) is 4.99 Å². The molecule has 2 N–H and O–H groups in total. The number of nitrogens with one attached hydrogen (secondary N) is 2. The van der Waals surface area contributed by atoms with Crippen molar-refractivity contribution in [2.75, 3.05) is 39.9 Å². The van der Waals surface area contributed by atoms with Gasteiger partial charge in [0.1, 0.15) is 11.6 Å². The van der Waals surface area contributed by atoms with E-state index in [2.05, 4.69) is 34.4 Å². The second-order valence-electron chi connectivity index (χ2n) is 6.43. The number of guanidine groups is 1. The zero-order valence-corrected chi connectivity index (χ0v) is 17.3. The Balaban J connectivity index is 0.00000312. The minimum absolute atomic E-state index is 0. The SMILES string of the molecule is CN=C(NCc1cc(F)ccc1F)NCC(C)(C)N1CCOCC1.I. The number of rotatable bonds is 5. The van der Waals surface area contributed by atoms with Crippen molar-refractivity contribution in [1.82, 2.24) is 15.5 Å². The van der Waals surface area contributed by atoms with Crippen LogP contribution in [-0.2, 0) is 11.3 Å². The fourth-order valence-corrected chi connectivity index (χ4v) is 2.66. The summed E-state index contributed by atoms with van der Waals surface area (Å²) < 4.78 is 32.2. The number of aliphatic imine (C=N–C) groups is 1. The number of hydrogen-bond acceptors (Lipinski definition) is 3. The monoisotopic (exact) mass is 468 g/mol. The van der Waals surface area contributed by atoms with Crippen LogP contribution in [0.25, 0.3) is 0 Å². The molecular weight excluding hydrogens is 441 g/mol. The number of nitrogens with zero attached hydrogens (tertiary/aromatic N) is 2. The maximum atomic E-state index is 13.7. The molecule has 1 aromatic carbocycles. The highest BCUT2D eigenvalue weighted by molar-refractivity contribution is 14.0. The standard InChI is InChI=1S/C17H26F2N4O.HI/c1-17(2,23-6-8-24-9-7-23)12-22-16(20-3)21-11-13-10-14(18)4-5-15(13)19;/h4-5,10H,6-9,11-12H2,1-3H3,(H2,20,21,22);1H. The van der Waals surface area contributed by atoms with E-state index in [9.17, 15) is 8.78 Å². The molecule has 5 nitrogen and oxygen atoms in total. The van der Waals surface area contributed by atoms with Crippen molar-refractivity contribution in [3.05, 3.63) is 35.4 Å². The number of hydrogen-bond donors (Lipinski definition) is 2. The first-order valence-electron chi connectivity index (χ1n) is 8.13. The van der Waals surface area contributed by atoms with E-state index in [4.69, 9.17) is 4.74 Å². The Bertz CT molecular complexity index is 578. The van der Waals surface area contributed by atoms with Crippen molar-refractivity contribution in [3.63, 3.8) is 0 Å². The molecule has 2 rings (SSSR count). The van der Waals surface area contributed by atoms with Crippen LogP contribution in [0, 0.1) is 11.6 Å². The predicted molar refractivity (Wildman–Crippen MR) is 106 cm³/mol. The smallest absolute Gasteiger partial charge is 0.191 e. The summed E-state index contributed by atoms with van der Waals surface area (Å²) in [6.45, 7) is 8.45. The summed E-state index contributed by atoms with van der Waals surface area (Å²) in [6.07, 6.45) is 0. The van der Waals surface area contributed by atoms with Crippen LogP contribution in [0.2, 0.25) is 0 Å². The maximum absolute atomic E-state index is 13.7. The molecule has 0 spiro atoms. The predicted octanol–water partition coefficient (Wildman–Crippen LogP) is 2.36. The molecule has 0 amide bonds. The number of halogens is 3. The molecule has 0 aromatic heterocycles. The summed E-state index contributed by atoms with van der Waals surface area (Å²) >= 11 is 0. The quantitative estimate of drug-likeness (QED) is 0.396. The molecule has 1 heterocycles. The van der Waals surface area contributed by atoms with Crippen molar-refractivity contribution in [2.45, 2.75) is 25.9 Å². The van der Waals surface area contributed by atoms with Crippen LogP contribution < -0.4 is 10.6 Å². The Morgan fingerprint density at radius 3 is 2.56 bits per heavy atom. The summed E-state index contributed by atoms with van der Waals surface area (Å²) in [5, 5.41) is 6.27. The van der Waals surface area contributed by atoms with Gasteiger partial charge in [-0.3, -0.25) is 9.89 Å². The molecule has 0 radical (unpaired) electrons. The van der Waals surface area contributed by atoms with E-state index in [1.807, 2.05) is 0 Å². The molecule has 1 saturated heterocycles. The fraction of sp³-hybridized carbons (Fsp3) is 0.588. The van der Waals surface area contributed by atoms with E-state index in [0.29, 0.717) is 12.5 Å². The van der Waals surface area contributed by atoms with Gasteiger partial charge in [0.05, 0.1) is 13.2 Å². The van der Waals surface area contributed by atoms with E-state index in [1.54, 1.807) is 7.05 Å². The summed E-state index contributed by atoms with van der Waals surface area (Å²) in [7, 11) is 1.65. The van der Waals surface area contributed by atoms with E-state index < -0.39 is 11.6 Å². The zero-order chi connectivity index (χ0) is 17.6. The van der Waals surface area contributed by atoms with Gasteiger partial charge in [-0.2, -0.15) is 0 Å². The summed E-state index contributed by atoms with van der Waals surface area (Å²) in [5.74, 6) is -0.336. The molecule has 8 heteroatoms. The molecule has 1 fully saturated rings. The third-order valence-electron chi connectivity index (χ3n) is 4.23. The van der Waals surface area contributed by atoms with Crippen LogP contribution in [0.5, 0.6) is 0 Å². The van der Waals surface area contributed by atoms with Gasteiger partial charge in [0.25, 0.3) is 0 Å². The van der Waals surface area contributed by atoms with Crippen LogP contribution in [-0.4, -0.2) is 56.3 Å². The van der Waals surface area contributed by atoms with Gasteiger partial charge in [0.15, 0.2) is 5.96 Å². The van der Waals surface area contributed by atoms with Crippen molar-refractivity contribution >= 4 is 29.9 Å². The molecule has 0 saturated carbocycles. The normalized spacial score (nSPS) is 16.3. The number of ether oxygens (including phenoxy) is 1. The summed E-state index contributed by atoms with van der Waals surface area (Å²) in [4.78, 5) is 6.50. The van der Waals surface area contributed by atoms with Crippen LogP contribution in [0.1, 0.15) is 19.4 Å². The first-order chi connectivity index (χ1) is 11.4. The highest BCUT2D eigenvalue weighted by atomic mass is 127. The second-order valence-corrected chi connectivity index (χ2v) is 6.43. The molecule has 1 aromatic rings. The molecular formula is C17H27F2IN4O. The molecule has 0 unspecified atom stereocenters. The van der Waals surface area contributed by atoms with E-state index in [-0.39, 0.29) is 41.6 Å². The van der Waals surface area contributed by atoms with Crippen LogP contribution >= 0.6 is 24.0 Å². The van der Waals surface area contributed by atoms with Gasteiger partial charge >= 0.3 is 0 Å². The topological polar surface area (TPSA) is 48.9 Å². The molecule has 0 aliphatic carbocycles. The Labute approximate surface area is 165 Å². The lowest BCUT2D eigenvalue weighted by atomic mass is 10.0. The molecule has 0 atom stereocenters. The van der Waals surface area contributed by atoms with Gasteiger partial charge in [0, 0.05) is 44.3 Å². The van der Waals surface area contributed by atoms with Gasteiger partial charge in [0.2, 0.25) is 0 Å². The van der Waals surface area contributed by atoms with E-state index in [1.165, 1.54) is 6.07 Å². The molecule has 1 aliphatic heterocycles. The first-order valence-corrected chi connectivity index (χ1v) is 8.13. The average molecular weight is 468 g/mol. The minimum Gasteiger partial charge on any atom is -0.379 e.